The fourth-order valence-electron chi connectivity index (χ4n) is 3.62. The fraction of sp³-hybridized carbons (Fsp3) is 0.261. The van der Waals surface area contributed by atoms with Gasteiger partial charge in [0, 0.05) is 37.0 Å². The molecule has 0 unspecified atom stereocenters. The molecule has 3 aromatic rings. The van der Waals surface area contributed by atoms with Crippen LogP contribution in [0.3, 0.4) is 0 Å². The van der Waals surface area contributed by atoms with Gasteiger partial charge in [-0.15, -0.1) is 0 Å². The van der Waals surface area contributed by atoms with Gasteiger partial charge in [-0.3, -0.25) is 4.79 Å². The van der Waals surface area contributed by atoms with Crippen molar-refractivity contribution in [1.82, 2.24) is 9.55 Å². The lowest BCUT2D eigenvalue weighted by Crippen LogP contribution is -2.41. The third kappa shape index (κ3) is 4.28. The molecular weight excluding hydrogens is 396 g/mol. The average molecular weight is 418 g/mol. The SMILES string of the molecule is N#Cc1cccc(C(O)=Cc2nc3cc(N4CCOCC4=O)ccc3n2CCCO)c1. The van der Waals surface area contributed by atoms with Gasteiger partial charge < -0.3 is 24.4 Å². The number of hydrogen-bond acceptors (Lipinski definition) is 6. The summed E-state index contributed by atoms with van der Waals surface area (Å²) in [6.07, 6.45) is 2.08. The largest absolute Gasteiger partial charge is 0.507 e. The Hall–Kier alpha value is -3.67. The van der Waals surface area contributed by atoms with Crippen LogP contribution in [0.1, 0.15) is 23.4 Å². The summed E-state index contributed by atoms with van der Waals surface area (Å²) in [6, 6.07) is 14.4. The molecule has 8 heteroatoms. The minimum absolute atomic E-state index is 0.0127. The van der Waals surface area contributed by atoms with Crippen LogP contribution in [0, 0.1) is 11.3 Å². The second kappa shape index (κ2) is 9.00. The maximum absolute atomic E-state index is 12.2. The van der Waals surface area contributed by atoms with Crippen LogP contribution in [0.2, 0.25) is 0 Å². The first-order valence-corrected chi connectivity index (χ1v) is 10.0. The number of nitrogens with zero attached hydrogens (tertiary/aromatic N) is 4. The molecule has 4 rings (SSSR count). The summed E-state index contributed by atoms with van der Waals surface area (Å²) in [7, 11) is 0. The monoisotopic (exact) mass is 418 g/mol. The zero-order valence-corrected chi connectivity index (χ0v) is 16.9. The number of aromatic nitrogens is 2. The predicted molar refractivity (Wildman–Crippen MR) is 116 cm³/mol. The molecule has 1 aromatic heterocycles. The standard InChI is InChI=1S/C23H22N4O4/c24-14-16-3-1-4-17(11-16)21(29)13-22-25-19-12-18(26-8-10-31-15-23(26)30)5-6-20(19)27(22)7-2-9-28/h1,3-6,11-13,28-29H,2,7-10,15H2. The number of rotatable bonds is 6. The van der Waals surface area contributed by atoms with Crippen LogP contribution in [0.4, 0.5) is 5.69 Å². The number of nitriles is 1. The van der Waals surface area contributed by atoms with E-state index in [4.69, 9.17) is 10.00 Å². The maximum Gasteiger partial charge on any atom is 0.253 e. The molecule has 1 aliphatic heterocycles. The number of aliphatic hydroxyl groups excluding tert-OH is 2. The van der Waals surface area contributed by atoms with Crippen LogP contribution in [-0.2, 0) is 16.1 Å². The first-order chi connectivity index (χ1) is 15.1. The van der Waals surface area contributed by atoms with E-state index in [1.54, 1.807) is 35.2 Å². The number of amides is 1. The lowest BCUT2D eigenvalue weighted by Gasteiger charge is -2.26. The molecule has 1 aliphatic rings. The highest BCUT2D eigenvalue weighted by molar-refractivity contribution is 5.97. The number of imidazole rings is 1. The lowest BCUT2D eigenvalue weighted by atomic mass is 10.1. The highest BCUT2D eigenvalue weighted by Gasteiger charge is 2.21. The quantitative estimate of drug-likeness (QED) is 0.596. The number of fused-ring (bicyclic) bond motifs is 1. The molecule has 158 valence electrons. The maximum atomic E-state index is 12.2. The Bertz CT molecular complexity index is 1190. The van der Waals surface area contributed by atoms with Gasteiger partial charge in [-0.05, 0) is 36.8 Å². The van der Waals surface area contributed by atoms with E-state index >= 15 is 0 Å². The summed E-state index contributed by atoms with van der Waals surface area (Å²) in [5.41, 5.74) is 3.22. The van der Waals surface area contributed by atoms with Gasteiger partial charge in [-0.2, -0.15) is 5.26 Å². The van der Waals surface area contributed by atoms with Crippen LogP contribution in [0.5, 0.6) is 0 Å². The van der Waals surface area contributed by atoms with Crippen LogP contribution < -0.4 is 4.90 Å². The Morgan fingerprint density at radius 3 is 2.94 bits per heavy atom. The highest BCUT2D eigenvalue weighted by atomic mass is 16.5. The Morgan fingerprint density at radius 1 is 1.29 bits per heavy atom. The van der Waals surface area contributed by atoms with Crippen molar-refractivity contribution in [3.8, 4) is 6.07 Å². The molecule has 0 aliphatic carbocycles. The molecule has 1 amide bonds. The molecule has 2 heterocycles. The van der Waals surface area contributed by atoms with Gasteiger partial charge in [0.05, 0.1) is 29.3 Å². The number of carbonyl (C=O) groups is 1. The zero-order chi connectivity index (χ0) is 21.8. The minimum atomic E-state index is -0.0968. The molecule has 2 aromatic carbocycles. The number of anilines is 1. The summed E-state index contributed by atoms with van der Waals surface area (Å²) < 4.78 is 7.12. The normalized spacial score (nSPS) is 14.8. The number of hydrogen-bond donors (Lipinski definition) is 2. The van der Waals surface area contributed by atoms with Crippen molar-refractivity contribution >= 4 is 34.5 Å². The van der Waals surface area contributed by atoms with E-state index in [1.165, 1.54) is 0 Å². The lowest BCUT2D eigenvalue weighted by molar-refractivity contribution is -0.125. The van der Waals surface area contributed by atoms with E-state index in [9.17, 15) is 15.0 Å². The van der Waals surface area contributed by atoms with Gasteiger partial charge in [-0.25, -0.2) is 4.98 Å². The van der Waals surface area contributed by atoms with Crippen LogP contribution in [0.15, 0.2) is 42.5 Å². The van der Waals surface area contributed by atoms with Crippen molar-refractivity contribution < 1.29 is 19.7 Å². The van der Waals surface area contributed by atoms with E-state index in [-0.39, 0.29) is 24.9 Å². The number of morpholine rings is 1. The molecule has 1 saturated heterocycles. The second-order valence-electron chi connectivity index (χ2n) is 7.19. The molecule has 0 saturated carbocycles. The topological polar surface area (TPSA) is 112 Å². The molecule has 31 heavy (non-hydrogen) atoms. The van der Waals surface area contributed by atoms with Crippen molar-refractivity contribution in [2.75, 3.05) is 31.3 Å². The van der Waals surface area contributed by atoms with Crippen LogP contribution in [-0.4, -0.2) is 52.0 Å². The molecule has 0 atom stereocenters. The number of aliphatic hydroxyl groups is 2. The van der Waals surface area contributed by atoms with Crippen molar-refractivity contribution in [3.05, 3.63) is 59.4 Å². The predicted octanol–water partition coefficient (Wildman–Crippen LogP) is 2.71. The van der Waals surface area contributed by atoms with E-state index in [0.717, 1.165) is 11.2 Å². The van der Waals surface area contributed by atoms with E-state index in [1.807, 2.05) is 22.8 Å². The van der Waals surface area contributed by atoms with E-state index in [0.29, 0.717) is 48.6 Å². The van der Waals surface area contributed by atoms with Crippen molar-refractivity contribution in [1.29, 1.82) is 5.26 Å². The van der Waals surface area contributed by atoms with Gasteiger partial charge in [0.1, 0.15) is 18.2 Å². The molecule has 8 nitrogen and oxygen atoms in total. The summed E-state index contributed by atoms with van der Waals surface area (Å²) in [5, 5.41) is 29.0. The van der Waals surface area contributed by atoms with Gasteiger partial charge in [-0.1, -0.05) is 12.1 Å². The Balaban J connectivity index is 1.76. The molecule has 0 bridgehead atoms. The second-order valence-corrected chi connectivity index (χ2v) is 7.19. The van der Waals surface area contributed by atoms with E-state index in [2.05, 4.69) is 11.1 Å². The first kappa shape index (κ1) is 20.6. The summed E-state index contributed by atoms with van der Waals surface area (Å²) in [6.45, 7) is 1.57. The van der Waals surface area contributed by atoms with Gasteiger partial charge in [0.25, 0.3) is 5.91 Å². The van der Waals surface area contributed by atoms with Crippen molar-refractivity contribution in [3.63, 3.8) is 0 Å². The molecule has 0 radical (unpaired) electrons. The smallest absolute Gasteiger partial charge is 0.253 e. The highest BCUT2D eigenvalue weighted by Crippen LogP contribution is 2.26. The summed E-state index contributed by atoms with van der Waals surface area (Å²) in [4.78, 5) is 18.5. The first-order valence-electron chi connectivity index (χ1n) is 10.0. The third-order valence-electron chi connectivity index (χ3n) is 5.15. The molecular formula is C23H22N4O4. The van der Waals surface area contributed by atoms with E-state index < -0.39 is 0 Å². The number of ether oxygens (including phenoxy) is 1. The van der Waals surface area contributed by atoms with Gasteiger partial charge in [0.15, 0.2) is 0 Å². The fourth-order valence-corrected chi connectivity index (χ4v) is 3.62. The summed E-state index contributed by atoms with van der Waals surface area (Å²) >= 11 is 0. The summed E-state index contributed by atoms with van der Waals surface area (Å²) in [5.74, 6) is 0.412. The average Bonchev–Trinajstić information content (AvgIpc) is 3.13. The number of benzene rings is 2. The Kier molecular flexibility index (Phi) is 5.98. The third-order valence-corrected chi connectivity index (χ3v) is 5.15. The van der Waals surface area contributed by atoms with Gasteiger partial charge in [0.2, 0.25) is 0 Å². The van der Waals surface area contributed by atoms with Crippen LogP contribution >= 0.6 is 0 Å². The number of carbonyl (C=O) groups excluding carboxylic acids is 1. The van der Waals surface area contributed by atoms with Crippen molar-refractivity contribution in [2.24, 2.45) is 0 Å². The molecule has 0 spiro atoms. The number of aryl methyl sites for hydroxylation is 1. The van der Waals surface area contributed by atoms with Crippen molar-refractivity contribution in [2.45, 2.75) is 13.0 Å². The molecule has 2 N–H and O–H groups in total. The zero-order valence-electron chi connectivity index (χ0n) is 16.9. The van der Waals surface area contributed by atoms with Crippen LogP contribution in [0.25, 0.3) is 22.9 Å². The minimum Gasteiger partial charge on any atom is -0.507 e. The Morgan fingerprint density at radius 2 is 2.16 bits per heavy atom. The van der Waals surface area contributed by atoms with Gasteiger partial charge >= 0.3 is 0 Å². The Labute approximate surface area is 179 Å². The molecule has 1 fully saturated rings.